The van der Waals surface area contributed by atoms with Crippen molar-refractivity contribution in [1.29, 1.82) is 0 Å². The molecule has 7 heteroatoms. The van der Waals surface area contributed by atoms with Crippen molar-refractivity contribution >= 4 is 17.9 Å². The van der Waals surface area contributed by atoms with Gasteiger partial charge in [0.2, 0.25) is 5.91 Å². The van der Waals surface area contributed by atoms with Crippen LogP contribution in [0.3, 0.4) is 0 Å². The summed E-state index contributed by atoms with van der Waals surface area (Å²) in [5, 5.41) is 11.5. The number of carbonyl (C=O) groups is 3. The third kappa shape index (κ3) is 5.61. The number of urea groups is 1. The zero-order chi connectivity index (χ0) is 16.0. The van der Waals surface area contributed by atoms with Gasteiger partial charge in [-0.3, -0.25) is 9.59 Å². The molecule has 1 rings (SSSR count). The van der Waals surface area contributed by atoms with Crippen molar-refractivity contribution in [3.05, 3.63) is 0 Å². The summed E-state index contributed by atoms with van der Waals surface area (Å²) in [6.07, 6.45) is 1.98. The standard InChI is InChI=1S/C14H25N3O4/c1-10(2)8-17(9-12(18)19)14(21)15-11(3)13(20)16-6-4-5-7-16/h10-11H,4-9H2,1-3H3,(H,15,21)(H,18,19). The van der Waals surface area contributed by atoms with E-state index in [1.165, 1.54) is 4.90 Å². The average Bonchev–Trinajstić information content (AvgIpc) is 2.89. The number of hydrogen-bond donors (Lipinski definition) is 2. The molecule has 0 radical (unpaired) electrons. The van der Waals surface area contributed by atoms with Gasteiger partial charge in [0.05, 0.1) is 0 Å². The van der Waals surface area contributed by atoms with Crippen LogP contribution >= 0.6 is 0 Å². The number of carbonyl (C=O) groups excluding carboxylic acids is 2. The zero-order valence-corrected chi connectivity index (χ0v) is 13.0. The number of carboxylic acids is 1. The fourth-order valence-electron chi connectivity index (χ4n) is 2.37. The van der Waals surface area contributed by atoms with Crippen LogP contribution in [0.15, 0.2) is 0 Å². The Labute approximate surface area is 125 Å². The van der Waals surface area contributed by atoms with E-state index in [9.17, 15) is 14.4 Å². The molecule has 0 bridgehead atoms. The third-order valence-corrected chi connectivity index (χ3v) is 3.33. The number of nitrogens with zero attached hydrogens (tertiary/aromatic N) is 2. The molecule has 1 aliphatic rings. The van der Waals surface area contributed by atoms with Crippen molar-refractivity contribution in [2.45, 2.75) is 39.7 Å². The molecule has 7 nitrogen and oxygen atoms in total. The van der Waals surface area contributed by atoms with Crippen LogP contribution in [0.4, 0.5) is 4.79 Å². The molecule has 1 unspecified atom stereocenters. The Morgan fingerprint density at radius 2 is 1.76 bits per heavy atom. The molecule has 21 heavy (non-hydrogen) atoms. The van der Waals surface area contributed by atoms with Crippen molar-refractivity contribution < 1.29 is 19.5 Å². The van der Waals surface area contributed by atoms with Gasteiger partial charge in [0.1, 0.15) is 12.6 Å². The minimum atomic E-state index is -1.07. The van der Waals surface area contributed by atoms with E-state index >= 15 is 0 Å². The molecule has 0 spiro atoms. The number of likely N-dealkylation sites (tertiary alicyclic amines) is 1. The number of aliphatic carboxylic acids is 1. The van der Waals surface area contributed by atoms with Crippen molar-refractivity contribution in [3.8, 4) is 0 Å². The van der Waals surface area contributed by atoms with Crippen molar-refractivity contribution in [1.82, 2.24) is 15.1 Å². The fourth-order valence-corrected chi connectivity index (χ4v) is 2.37. The number of hydrogen-bond acceptors (Lipinski definition) is 3. The highest BCUT2D eigenvalue weighted by Gasteiger charge is 2.26. The molecule has 0 aromatic heterocycles. The van der Waals surface area contributed by atoms with Gasteiger partial charge in [-0.05, 0) is 25.7 Å². The normalized spacial score (nSPS) is 15.9. The Bertz CT molecular complexity index is 392. The van der Waals surface area contributed by atoms with E-state index < -0.39 is 18.0 Å². The summed E-state index contributed by atoms with van der Waals surface area (Å²) in [5.41, 5.74) is 0. The molecule has 2 N–H and O–H groups in total. The van der Waals surface area contributed by atoms with Crippen LogP contribution in [-0.2, 0) is 9.59 Å². The van der Waals surface area contributed by atoms with Crippen molar-refractivity contribution in [2.24, 2.45) is 5.92 Å². The van der Waals surface area contributed by atoms with Crippen LogP contribution < -0.4 is 5.32 Å². The number of amides is 3. The lowest BCUT2D eigenvalue weighted by atomic mass is 10.2. The maximum Gasteiger partial charge on any atom is 0.323 e. The molecule has 120 valence electrons. The second kappa shape index (κ2) is 7.85. The second-order valence-electron chi connectivity index (χ2n) is 5.87. The van der Waals surface area contributed by atoms with E-state index in [0.29, 0.717) is 6.54 Å². The molecule has 1 heterocycles. The lowest BCUT2D eigenvalue weighted by Crippen LogP contribution is -2.52. The fraction of sp³-hybridized carbons (Fsp3) is 0.786. The zero-order valence-electron chi connectivity index (χ0n) is 13.0. The molecule has 1 atom stereocenters. The van der Waals surface area contributed by atoms with E-state index in [4.69, 9.17) is 5.11 Å². The van der Waals surface area contributed by atoms with Crippen LogP contribution in [0.1, 0.15) is 33.6 Å². The van der Waals surface area contributed by atoms with Crippen molar-refractivity contribution in [3.63, 3.8) is 0 Å². The van der Waals surface area contributed by atoms with Gasteiger partial charge in [0, 0.05) is 19.6 Å². The highest BCUT2D eigenvalue weighted by Crippen LogP contribution is 2.09. The number of carboxylic acid groups (broad SMARTS) is 1. The SMILES string of the molecule is CC(C)CN(CC(=O)O)C(=O)NC(C)C(=O)N1CCCC1. The number of rotatable bonds is 6. The van der Waals surface area contributed by atoms with Gasteiger partial charge in [-0.25, -0.2) is 4.79 Å². The summed E-state index contributed by atoms with van der Waals surface area (Å²) < 4.78 is 0. The lowest BCUT2D eigenvalue weighted by molar-refractivity contribution is -0.137. The Kier molecular flexibility index (Phi) is 6.45. The topological polar surface area (TPSA) is 90.0 Å². The Balaban J connectivity index is 2.57. The highest BCUT2D eigenvalue weighted by molar-refractivity contribution is 5.88. The van der Waals surface area contributed by atoms with Gasteiger partial charge in [-0.15, -0.1) is 0 Å². The molecule has 0 aromatic rings. The first-order valence-corrected chi connectivity index (χ1v) is 7.37. The van der Waals surface area contributed by atoms with E-state index in [1.54, 1.807) is 11.8 Å². The monoisotopic (exact) mass is 299 g/mol. The molecule has 0 saturated carbocycles. The smallest absolute Gasteiger partial charge is 0.323 e. The van der Waals surface area contributed by atoms with E-state index in [2.05, 4.69) is 5.32 Å². The van der Waals surface area contributed by atoms with E-state index in [0.717, 1.165) is 25.9 Å². The van der Waals surface area contributed by atoms with Crippen LogP contribution in [-0.4, -0.2) is 65.0 Å². The minimum absolute atomic E-state index is 0.110. The van der Waals surface area contributed by atoms with Gasteiger partial charge in [-0.2, -0.15) is 0 Å². The molecular weight excluding hydrogens is 274 g/mol. The summed E-state index contributed by atoms with van der Waals surface area (Å²) in [6, 6.07) is -1.15. The van der Waals surface area contributed by atoms with E-state index in [-0.39, 0.29) is 18.4 Å². The van der Waals surface area contributed by atoms with Gasteiger partial charge < -0.3 is 20.2 Å². The van der Waals surface area contributed by atoms with Gasteiger partial charge in [0.25, 0.3) is 0 Å². The summed E-state index contributed by atoms with van der Waals surface area (Å²) in [6.45, 7) is 6.86. The first-order chi connectivity index (χ1) is 9.81. The van der Waals surface area contributed by atoms with Crippen LogP contribution in [0.25, 0.3) is 0 Å². The predicted octanol–water partition coefficient (Wildman–Crippen LogP) is 0.750. The summed E-state index contributed by atoms with van der Waals surface area (Å²) >= 11 is 0. The molecule has 0 aromatic carbocycles. The maximum atomic E-state index is 12.1. The van der Waals surface area contributed by atoms with Gasteiger partial charge in [-0.1, -0.05) is 13.8 Å². The average molecular weight is 299 g/mol. The number of nitrogens with one attached hydrogen (secondary N) is 1. The molecule has 1 fully saturated rings. The van der Waals surface area contributed by atoms with Crippen LogP contribution in [0.2, 0.25) is 0 Å². The Morgan fingerprint density at radius 3 is 2.24 bits per heavy atom. The second-order valence-corrected chi connectivity index (χ2v) is 5.87. The first-order valence-electron chi connectivity index (χ1n) is 7.37. The highest BCUT2D eigenvalue weighted by atomic mass is 16.4. The molecular formula is C14H25N3O4. The lowest BCUT2D eigenvalue weighted by Gasteiger charge is -2.26. The molecule has 0 aliphatic carbocycles. The third-order valence-electron chi connectivity index (χ3n) is 3.33. The summed E-state index contributed by atoms with van der Waals surface area (Å²) in [7, 11) is 0. The van der Waals surface area contributed by atoms with Crippen LogP contribution in [0.5, 0.6) is 0 Å². The molecule has 3 amide bonds. The summed E-state index contributed by atoms with van der Waals surface area (Å²) in [5.74, 6) is -1.02. The minimum Gasteiger partial charge on any atom is -0.480 e. The molecule has 1 saturated heterocycles. The van der Waals surface area contributed by atoms with Gasteiger partial charge in [0.15, 0.2) is 0 Å². The quantitative estimate of drug-likeness (QED) is 0.757. The maximum absolute atomic E-state index is 12.1. The molecule has 1 aliphatic heterocycles. The van der Waals surface area contributed by atoms with Crippen molar-refractivity contribution in [2.75, 3.05) is 26.2 Å². The summed E-state index contributed by atoms with van der Waals surface area (Å²) in [4.78, 5) is 38.0. The first kappa shape index (κ1) is 17.3. The predicted molar refractivity (Wildman–Crippen MR) is 77.9 cm³/mol. The van der Waals surface area contributed by atoms with E-state index in [1.807, 2.05) is 13.8 Å². The van der Waals surface area contributed by atoms with Crippen LogP contribution in [0, 0.1) is 5.92 Å². The largest absolute Gasteiger partial charge is 0.480 e. The Hall–Kier alpha value is -1.79. The van der Waals surface area contributed by atoms with Gasteiger partial charge >= 0.3 is 12.0 Å². The Morgan fingerprint density at radius 1 is 1.19 bits per heavy atom.